The maximum absolute atomic E-state index is 14.1. The standard InChI is InChI=1S/C32H36F3N5O3S/c1-21-5-10-27(11-6-21)44(42,43)40-29-12-8-23(15-25(29)19-38-40)16-26(39(3)4)20-37-30(41)17-28(24-9-7-22(2)36-18-24)31(13-14-31)32(33,34)35/h5-12,15,18-19,26,28H,13-14,16-17,20H2,1-4H3,(H,37,41)/t26-,28+/m0/s1. The maximum Gasteiger partial charge on any atom is 0.395 e. The van der Waals surface area contributed by atoms with Gasteiger partial charge in [-0.2, -0.15) is 30.8 Å². The average Bonchev–Trinajstić information content (AvgIpc) is 3.68. The molecule has 2 atom stereocenters. The Labute approximate surface area is 255 Å². The van der Waals surface area contributed by atoms with Gasteiger partial charge in [0, 0.05) is 42.2 Å². The summed E-state index contributed by atoms with van der Waals surface area (Å²) >= 11 is 0. The van der Waals surface area contributed by atoms with Gasteiger partial charge in [-0.1, -0.05) is 29.8 Å². The predicted molar refractivity (Wildman–Crippen MR) is 162 cm³/mol. The number of benzene rings is 2. The fraction of sp³-hybridized carbons (Fsp3) is 0.406. The van der Waals surface area contributed by atoms with E-state index in [0.29, 0.717) is 28.6 Å². The van der Waals surface area contributed by atoms with Gasteiger partial charge in [0.1, 0.15) is 0 Å². The van der Waals surface area contributed by atoms with Crippen molar-refractivity contribution in [1.82, 2.24) is 24.4 Å². The number of likely N-dealkylation sites (N-methyl/N-ethyl adjacent to an activating group) is 1. The summed E-state index contributed by atoms with van der Waals surface area (Å²) < 4.78 is 69.8. The van der Waals surface area contributed by atoms with E-state index in [2.05, 4.69) is 15.4 Å². The lowest BCUT2D eigenvalue weighted by Crippen LogP contribution is -2.42. The first kappa shape index (κ1) is 31.6. The van der Waals surface area contributed by atoms with Crippen LogP contribution in [0.15, 0.2) is 71.9 Å². The third-order valence-electron chi connectivity index (χ3n) is 8.63. The lowest BCUT2D eigenvalue weighted by atomic mass is 9.80. The van der Waals surface area contributed by atoms with E-state index in [4.69, 9.17) is 0 Å². The molecule has 2 aromatic carbocycles. The number of hydrogen-bond donors (Lipinski definition) is 1. The van der Waals surface area contributed by atoms with Crippen molar-refractivity contribution in [3.05, 3.63) is 89.4 Å². The van der Waals surface area contributed by atoms with Crippen LogP contribution in [0, 0.1) is 19.3 Å². The zero-order valence-corrected chi connectivity index (χ0v) is 25.9. The van der Waals surface area contributed by atoms with Crippen LogP contribution in [0.25, 0.3) is 10.9 Å². The minimum Gasteiger partial charge on any atom is -0.355 e. The molecule has 234 valence electrons. The number of carbonyl (C=O) groups is 1. The number of fused-ring (bicyclic) bond motifs is 1. The first-order valence-corrected chi connectivity index (χ1v) is 15.9. The summed E-state index contributed by atoms with van der Waals surface area (Å²) in [5.41, 5.74) is 1.50. The highest BCUT2D eigenvalue weighted by Crippen LogP contribution is 2.66. The zero-order valence-electron chi connectivity index (χ0n) is 25.1. The van der Waals surface area contributed by atoms with Crippen LogP contribution in [0.2, 0.25) is 0 Å². The SMILES string of the molecule is Cc1ccc(S(=O)(=O)n2ncc3cc(C[C@@H](CNC(=O)C[C@H](c4ccc(C)nc4)C4(C(F)(F)F)CC4)N(C)C)ccc32)cc1. The summed E-state index contributed by atoms with van der Waals surface area (Å²) in [7, 11) is -0.146. The molecule has 1 fully saturated rings. The van der Waals surface area contributed by atoms with Crippen LogP contribution in [0.5, 0.6) is 0 Å². The molecule has 1 amide bonds. The molecule has 5 rings (SSSR count). The zero-order chi connectivity index (χ0) is 31.9. The molecule has 1 N–H and O–H groups in total. The van der Waals surface area contributed by atoms with Gasteiger partial charge < -0.3 is 10.2 Å². The Morgan fingerprint density at radius 2 is 1.75 bits per heavy atom. The summed E-state index contributed by atoms with van der Waals surface area (Å²) in [5, 5.41) is 7.67. The Balaban J connectivity index is 1.28. The van der Waals surface area contributed by atoms with Gasteiger partial charge in [0.15, 0.2) is 0 Å². The van der Waals surface area contributed by atoms with Crippen molar-refractivity contribution < 1.29 is 26.4 Å². The van der Waals surface area contributed by atoms with E-state index >= 15 is 0 Å². The molecule has 0 unspecified atom stereocenters. The quantitative estimate of drug-likeness (QED) is 0.240. The number of pyridine rings is 1. The predicted octanol–water partition coefficient (Wildman–Crippen LogP) is 5.39. The first-order chi connectivity index (χ1) is 20.7. The molecule has 4 aromatic rings. The Hall–Kier alpha value is -3.77. The van der Waals surface area contributed by atoms with Crippen LogP contribution in [-0.4, -0.2) is 66.3 Å². The number of aromatic nitrogens is 3. The molecule has 44 heavy (non-hydrogen) atoms. The fourth-order valence-corrected chi connectivity index (χ4v) is 6.94. The Morgan fingerprint density at radius 3 is 2.34 bits per heavy atom. The van der Waals surface area contributed by atoms with Gasteiger partial charge in [0.05, 0.1) is 22.0 Å². The van der Waals surface area contributed by atoms with E-state index in [9.17, 15) is 26.4 Å². The van der Waals surface area contributed by atoms with Gasteiger partial charge in [-0.3, -0.25) is 9.78 Å². The van der Waals surface area contributed by atoms with Gasteiger partial charge in [-0.05, 0) is 88.7 Å². The summed E-state index contributed by atoms with van der Waals surface area (Å²) in [4.78, 5) is 19.4. The molecular formula is C32H36F3N5O3S. The second kappa shape index (κ2) is 12.0. The number of aryl methyl sites for hydroxylation is 2. The molecule has 1 saturated carbocycles. The molecule has 8 nitrogen and oxygen atoms in total. The molecule has 1 aliphatic rings. The molecule has 12 heteroatoms. The number of nitrogens with zero attached hydrogens (tertiary/aromatic N) is 4. The highest BCUT2D eigenvalue weighted by Gasteiger charge is 2.67. The average molecular weight is 628 g/mol. The van der Waals surface area contributed by atoms with Crippen molar-refractivity contribution in [2.45, 2.75) is 62.6 Å². The number of amides is 1. The summed E-state index contributed by atoms with van der Waals surface area (Å²) in [6, 6.07) is 15.1. The van der Waals surface area contributed by atoms with Crippen LogP contribution in [-0.2, 0) is 21.2 Å². The highest BCUT2D eigenvalue weighted by molar-refractivity contribution is 7.90. The second-order valence-corrected chi connectivity index (χ2v) is 13.7. The summed E-state index contributed by atoms with van der Waals surface area (Å²) in [6.07, 6.45) is -1.25. The van der Waals surface area contributed by atoms with E-state index < -0.39 is 33.4 Å². The minimum atomic E-state index is -4.42. The number of alkyl halides is 3. The normalized spacial score (nSPS) is 16.2. The number of halogens is 3. The lowest BCUT2D eigenvalue weighted by molar-refractivity contribution is -0.194. The topological polar surface area (TPSA) is 97.2 Å². The van der Waals surface area contributed by atoms with Crippen molar-refractivity contribution in [3.8, 4) is 0 Å². The molecule has 1 aliphatic carbocycles. The fourth-order valence-electron chi connectivity index (χ4n) is 5.67. The van der Waals surface area contributed by atoms with Gasteiger partial charge in [-0.25, -0.2) is 0 Å². The van der Waals surface area contributed by atoms with Crippen molar-refractivity contribution >= 4 is 26.8 Å². The van der Waals surface area contributed by atoms with Gasteiger partial charge >= 0.3 is 6.18 Å². The van der Waals surface area contributed by atoms with Gasteiger partial charge in [0.25, 0.3) is 10.0 Å². The molecule has 2 heterocycles. The molecule has 0 aliphatic heterocycles. The van der Waals surface area contributed by atoms with Crippen LogP contribution >= 0.6 is 0 Å². The molecule has 0 radical (unpaired) electrons. The van der Waals surface area contributed by atoms with Gasteiger partial charge in [0.2, 0.25) is 5.91 Å². The van der Waals surface area contributed by atoms with E-state index in [1.54, 1.807) is 49.4 Å². The number of hydrogen-bond acceptors (Lipinski definition) is 6. The molecule has 0 spiro atoms. The van der Waals surface area contributed by atoms with Crippen molar-refractivity contribution in [3.63, 3.8) is 0 Å². The van der Waals surface area contributed by atoms with Crippen LogP contribution in [0.3, 0.4) is 0 Å². The van der Waals surface area contributed by atoms with Crippen molar-refractivity contribution in [2.75, 3.05) is 20.6 Å². The van der Waals surface area contributed by atoms with Crippen LogP contribution in [0.1, 0.15) is 47.6 Å². The third-order valence-corrected chi connectivity index (χ3v) is 10.2. The van der Waals surface area contributed by atoms with Crippen molar-refractivity contribution in [2.24, 2.45) is 5.41 Å². The number of carbonyl (C=O) groups excluding carboxylic acids is 1. The van der Waals surface area contributed by atoms with Gasteiger partial charge in [-0.15, -0.1) is 0 Å². The smallest absolute Gasteiger partial charge is 0.355 e. The Kier molecular flexibility index (Phi) is 8.60. The van der Waals surface area contributed by atoms with Crippen molar-refractivity contribution in [1.29, 1.82) is 0 Å². The lowest BCUT2D eigenvalue weighted by Gasteiger charge is -2.30. The first-order valence-electron chi connectivity index (χ1n) is 14.4. The van der Waals surface area contributed by atoms with E-state index in [-0.39, 0.29) is 36.7 Å². The second-order valence-electron chi connectivity index (χ2n) is 12.0. The maximum atomic E-state index is 14.1. The minimum absolute atomic E-state index is 0.00593. The monoisotopic (exact) mass is 627 g/mol. The van der Waals surface area contributed by atoms with E-state index in [0.717, 1.165) is 15.2 Å². The highest BCUT2D eigenvalue weighted by atomic mass is 32.2. The molecule has 0 saturated heterocycles. The Morgan fingerprint density at radius 1 is 1.05 bits per heavy atom. The summed E-state index contributed by atoms with van der Waals surface area (Å²) in [5.74, 6) is -1.46. The van der Waals surface area contributed by atoms with Crippen LogP contribution < -0.4 is 5.32 Å². The largest absolute Gasteiger partial charge is 0.395 e. The van der Waals surface area contributed by atoms with E-state index in [1.165, 1.54) is 12.4 Å². The third kappa shape index (κ3) is 6.37. The number of nitrogens with one attached hydrogen (secondary N) is 1. The molecule has 2 aromatic heterocycles. The van der Waals surface area contributed by atoms with E-state index in [1.807, 2.05) is 38.1 Å². The molecule has 0 bridgehead atoms. The van der Waals surface area contributed by atoms with Crippen LogP contribution in [0.4, 0.5) is 13.2 Å². The Bertz CT molecular complexity index is 1750. The molecular weight excluding hydrogens is 591 g/mol. The summed E-state index contributed by atoms with van der Waals surface area (Å²) in [6.45, 7) is 3.87. The number of rotatable bonds is 11.